The number of hydrogen-bond acceptors (Lipinski definition) is 2. The van der Waals surface area contributed by atoms with Gasteiger partial charge in [0, 0.05) is 17.8 Å². The van der Waals surface area contributed by atoms with Crippen molar-refractivity contribution in [3.05, 3.63) is 29.1 Å². The molecular weight excluding hydrogens is 169 g/mol. The summed E-state index contributed by atoms with van der Waals surface area (Å²) in [6, 6.07) is 3.11. The predicted molar refractivity (Wildman–Crippen MR) is 49.2 cm³/mol. The number of aliphatic hydroxyl groups is 1. The highest BCUT2D eigenvalue weighted by Gasteiger charge is 2.20. The first kappa shape index (κ1) is 8.51. The molecule has 3 heteroatoms. The maximum Gasteiger partial charge on any atom is 0.126 e. The van der Waals surface area contributed by atoms with Crippen LogP contribution in [0.1, 0.15) is 23.7 Å². The number of fused-ring (bicyclic) bond motifs is 1. The topological polar surface area (TPSA) is 32.3 Å². The number of benzene rings is 1. The fourth-order valence-electron chi connectivity index (χ4n) is 1.77. The fourth-order valence-corrected chi connectivity index (χ4v) is 1.77. The van der Waals surface area contributed by atoms with E-state index in [0.717, 1.165) is 12.2 Å². The number of halogens is 1. The zero-order valence-corrected chi connectivity index (χ0v) is 7.47. The van der Waals surface area contributed by atoms with Crippen molar-refractivity contribution in [2.45, 2.75) is 19.4 Å². The molecule has 1 aromatic carbocycles. The van der Waals surface area contributed by atoms with E-state index >= 15 is 0 Å². The second-order valence-corrected chi connectivity index (χ2v) is 3.36. The Bertz CT molecular complexity index is 338. The highest BCUT2D eigenvalue weighted by atomic mass is 19.1. The second kappa shape index (κ2) is 3.00. The summed E-state index contributed by atoms with van der Waals surface area (Å²) in [6.45, 7) is 2.45. The molecule has 0 fully saturated rings. The van der Waals surface area contributed by atoms with E-state index in [9.17, 15) is 9.50 Å². The van der Waals surface area contributed by atoms with E-state index in [1.165, 1.54) is 6.07 Å². The van der Waals surface area contributed by atoms with Crippen LogP contribution in [-0.4, -0.2) is 11.7 Å². The fraction of sp³-hybridized carbons (Fsp3) is 0.400. The first-order valence-corrected chi connectivity index (χ1v) is 4.41. The molecule has 0 bridgehead atoms. The molecule has 0 spiro atoms. The zero-order chi connectivity index (χ0) is 9.42. The van der Waals surface area contributed by atoms with Gasteiger partial charge in [-0.15, -0.1) is 0 Å². The van der Waals surface area contributed by atoms with Crippen LogP contribution in [0.25, 0.3) is 0 Å². The minimum atomic E-state index is -0.521. The molecule has 1 aromatic rings. The molecule has 0 radical (unpaired) electrons. The first-order chi connectivity index (χ1) is 6.20. The van der Waals surface area contributed by atoms with Crippen molar-refractivity contribution in [3.63, 3.8) is 0 Å². The Morgan fingerprint density at radius 1 is 1.54 bits per heavy atom. The van der Waals surface area contributed by atoms with E-state index < -0.39 is 6.10 Å². The van der Waals surface area contributed by atoms with Gasteiger partial charge < -0.3 is 10.4 Å². The third kappa shape index (κ3) is 1.29. The molecule has 0 aliphatic carbocycles. The number of rotatable bonds is 0. The summed E-state index contributed by atoms with van der Waals surface area (Å²) in [5.74, 6) is -0.249. The quantitative estimate of drug-likeness (QED) is 0.641. The largest absolute Gasteiger partial charge is 0.388 e. The molecule has 0 amide bonds. The normalized spacial score (nSPS) is 20.7. The molecule has 0 aromatic heterocycles. The van der Waals surface area contributed by atoms with Gasteiger partial charge in [-0.05, 0) is 31.0 Å². The van der Waals surface area contributed by atoms with Gasteiger partial charge in [0.25, 0.3) is 0 Å². The third-order valence-corrected chi connectivity index (χ3v) is 2.52. The molecule has 1 atom stereocenters. The lowest BCUT2D eigenvalue weighted by molar-refractivity contribution is 0.167. The predicted octanol–water partition coefficient (Wildman–Crippen LogP) is 1.98. The zero-order valence-electron chi connectivity index (χ0n) is 7.47. The molecule has 2 rings (SSSR count). The highest BCUT2D eigenvalue weighted by molar-refractivity contribution is 5.57. The molecule has 0 saturated heterocycles. The maximum absolute atomic E-state index is 13.1. The Morgan fingerprint density at radius 2 is 2.31 bits per heavy atom. The lowest BCUT2D eigenvalue weighted by Gasteiger charge is -2.24. The molecule has 2 N–H and O–H groups in total. The summed E-state index contributed by atoms with van der Waals surface area (Å²) >= 11 is 0. The van der Waals surface area contributed by atoms with Gasteiger partial charge in [0.2, 0.25) is 0 Å². The van der Waals surface area contributed by atoms with E-state index in [1.807, 2.05) is 0 Å². The van der Waals surface area contributed by atoms with Crippen LogP contribution in [-0.2, 0) is 0 Å². The van der Waals surface area contributed by atoms with Crippen LogP contribution in [0, 0.1) is 12.7 Å². The Hall–Kier alpha value is -1.09. The van der Waals surface area contributed by atoms with Crippen LogP contribution in [0.2, 0.25) is 0 Å². The minimum Gasteiger partial charge on any atom is -0.388 e. The first-order valence-electron chi connectivity index (χ1n) is 4.41. The summed E-state index contributed by atoms with van der Waals surface area (Å²) < 4.78 is 13.1. The smallest absolute Gasteiger partial charge is 0.126 e. The summed E-state index contributed by atoms with van der Waals surface area (Å²) in [7, 11) is 0. The highest BCUT2D eigenvalue weighted by Crippen LogP contribution is 2.33. The van der Waals surface area contributed by atoms with Crippen molar-refractivity contribution in [2.75, 3.05) is 11.9 Å². The van der Waals surface area contributed by atoms with Gasteiger partial charge >= 0.3 is 0 Å². The summed E-state index contributed by atoms with van der Waals surface area (Å²) in [6.07, 6.45) is 0.129. The molecule has 13 heavy (non-hydrogen) atoms. The van der Waals surface area contributed by atoms with Gasteiger partial charge in [-0.1, -0.05) is 0 Å². The molecule has 1 aliphatic rings. The number of nitrogens with one attached hydrogen (secondary N) is 1. The third-order valence-electron chi connectivity index (χ3n) is 2.52. The summed E-state index contributed by atoms with van der Waals surface area (Å²) in [4.78, 5) is 0. The average Bonchev–Trinajstić information content (AvgIpc) is 2.12. The second-order valence-electron chi connectivity index (χ2n) is 3.36. The Balaban J connectivity index is 2.58. The van der Waals surface area contributed by atoms with E-state index in [4.69, 9.17) is 0 Å². The standard InChI is InChI=1S/C10H12FNO/c1-6-7(11)2-3-8-10(6)9(13)4-5-12-8/h2-3,9,12-13H,4-5H2,1H3. The van der Waals surface area contributed by atoms with E-state index in [-0.39, 0.29) is 5.82 Å². The van der Waals surface area contributed by atoms with Crippen LogP contribution in [0.4, 0.5) is 10.1 Å². The molecule has 1 aliphatic heterocycles. The SMILES string of the molecule is Cc1c(F)ccc2c1C(O)CCN2. The van der Waals surface area contributed by atoms with Gasteiger partial charge in [-0.2, -0.15) is 0 Å². The Kier molecular flexibility index (Phi) is 1.96. The van der Waals surface area contributed by atoms with Crippen LogP contribution >= 0.6 is 0 Å². The molecule has 0 saturated carbocycles. The van der Waals surface area contributed by atoms with Gasteiger partial charge in [-0.25, -0.2) is 4.39 Å². The van der Waals surface area contributed by atoms with Crippen molar-refractivity contribution >= 4 is 5.69 Å². The number of anilines is 1. The van der Waals surface area contributed by atoms with E-state index in [1.54, 1.807) is 13.0 Å². The van der Waals surface area contributed by atoms with Crippen LogP contribution in [0.15, 0.2) is 12.1 Å². The van der Waals surface area contributed by atoms with Crippen molar-refractivity contribution in [1.29, 1.82) is 0 Å². The van der Waals surface area contributed by atoms with Gasteiger partial charge in [-0.3, -0.25) is 0 Å². The number of hydrogen-bond donors (Lipinski definition) is 2. The van der Waals surface area contributed by atoms with Gasteiger partial charge in [0.15, 0.2) is 0 Å². The molecule has 1 heterocycles. The van der Waals surface area contributed by atoms with Gasteiger partial charge in [0.1, 0.15) is 5.82 Å². The lowest BCUT2D eigenvalue weighted by atomic mass is 9.95. The van der Waals surface area contributed by atoms with Crippen LogP contribution < -0.4 is 5.32 Å². The Morgan fingerprint density at radius 3 is 3.08 bits per heavy atom. The van der Waals surface area contributed by atoms with E-state index in [0.29, 0.717) is 17.5 Å². The van der Waals surface area contributed by atoms with Crippen molar-refractivity contribution in [2.24, 2.45) is 0 Å². The minimum absolute atomic E-state index is 0.249. The van der Waals surface area contributed by atoms with Crippen LogP contribution in [0.3, 0.4) is 0 Å². The van der Waals surface area contributed by atoms with Gasteiger partial charge in [0.05, 0.1) is 6.10 Å². The monoisotopic (exact) mass is 181 g/mol. The average molecular weight is 181 g/mol. The van der Waals surface area contributed by atoms with Crippen LogP contribution in [0.5, 0.6) is 0 Å². The molecule has 70 valence electrons. The Labute approximate surface area is 76.4 Å². The maximum atomic E-state index is 13.1. The van der Waals surface area contributed by atoms with E-state index in [2.05, 4.69) is 5.32 Å². The van der Waals surface area contributed by atoms with Crippen molar-refractivity contribution in [1.82, 2.24) is 0 Å². The number of aliphatic hydroxyl groups excluding tert-OH is 1. The molecule has 1 unspecified atom stereocenters. The molecular formula is C10H12FNO. The molecule has 2 nitrogen and oxygen atoms in total. The van der Waals surface area contributed by atoms with Crippen molar-refractivity contribution in [3.8, 4) is 0 Å². The van der Waals surface area contributed by atoms with Crippen molar-refractivity contribution < 1.29 is 9.50 Å². The summed E-state index contributed by atoms with van der Waals surface area (Å²) in [5.41, 5.74) is 2.13. The summed E-state index contributed by atoms with van der Waals surface area (Å²) in [5, 5.41) is 12.8. The lowest BCUT2D eigenvalue weighted by Crippen LogP contribution is -2.18.